The molecule has 3 N–H and O–H groups in total. The fraction of sp³-hybridized carbons (Fsp3) is 0.125. The van der Waals surface area contributed by atoms with Gasteiger partial charge in [0.25, 0.3) is 0 Å². The summed E-state index contributed by atoms with van der Waals surface area (Å²) in [6.07, 6.45) is 0.932. The van der Waals surface area contributed by atoms with Crippen LogP contribution in [0.25, 0.3) is 11.0 Å². The Kier molecular flexibility index (Phi) is 3.07. The highest BCUT2D eigenvalue weighted by Gasteiger charge is 2.15. The van der Waals surface area contributed by atoms with Gasteiger partial charge in [0.1, 0.15) is 11.7 Å². The van der Waals surface area contributed by atoms with Crippen LogP contribution in [0.15, 0.2) is 59.2 Å². The molecule has 0 aliphatic rings. The van der Waals surface area contributed by atoms with Crippen molar-refractivity contribution in [1.82, 2.24) is 0 Å². The van der Waals surface area contributed by atoms with Gasteiger partial charge in [-0.15, -0.1) is 0 Å². The van der Waals surface area contributed by atoms with Gasteiger partial charge in [0.05, 0.1) is 6.26 Å². The Morgan fingerprint density at radius 2 is 1.79 bits per heavy atom. The molecule has 1 unspecified atom stereocenters. The molecule has 1 heterocycles. The second-order valence-electron chi connectivity index (χ2n) is 4.54. The fourth-order valence-corrected chi connectivity index (χ4v) is 2.23. The second kappa shape index (κ2) is 4.88. The van der Waals surface area contributed by atoms with E-state index >= 15 is 0 Å². The third-order valence-electron chi connectivity index (χ3n) is 3.34. The maximum absolute atomic E-state index is 10.5. The van der Waals surface area contributed by atoms with E-state index in [2.05, 4.69) is 0 Å². The number of hydrogen-bond donors (Lipinski definition) is 2. The zero-order valence-electron chi connectivity index (χ0n) is 10.4. The maximum atomic E-state index is 10.5. The smallest absolute Gasteiger partial charge is 0.134 e. The van der Waals surface area contributed by atoms with Gasteiger partial charge in [-0.2, -0.15) is 0 Å². The predicted octanol–water partition coefficient (Wildman–Crippen LogP) is 2.97. The standard InChI is InChI=1S/C16H15NO2/c17-9-11-5-7-12(8-6-11)16(18)14-10-19-15-4-2-1-3-13(14)15/h1-8,10,16,18H,9,17H2. The summed E-state index contributed by atoms with van der Waals surface area (Å²) in [7, 11) is 0. The number of benzene rings is 2. The Hall–Kier alpha value is -2.10. The first-order chi connectivity index (χ1) is 9.29. The Balaban J connectivity index is 2.00. The van der Waals surface area contributed by atoms with E-state index in [4.69, 9.17) is 10.2 Å². The summed E-state index contributed by atoms with van der Waals surface area (Å²) in [5, 5.41) is 11.4. The van der Waals surface area contributed by atoms with Gasteiger partial charge in [-0.1, -0.05) is 42.5 Å². The number of hydrogen-bond acceptors (Lipinski definition) is 3. The molecule has 1 aromatic heterocycles. The predicted molar refractivity (Wildman–Crippen MR) is 74.6 cm³/mol. The first-order valence-corrected chi connectivity index (χ1v) is 6.22. The van der Waals surface area contributed by atoms with E-state index < -0.39 is 6.10 Å². The quantitative estimate of drug-likeness (QED) is 0.754. The average molecular weight is 253 g/mol. The van der Waals surface area contributed by atoms with E-state index in [0.717, 1.165) is 27.7 Å². The van der Waals surface area contributed by atoms with Gasteiger partial charge in [-0.05, 0) is 17.2 Å². The van der Waals surface area contributed by atoms with E-state index in [9.17, 15) is 5.11 Å². The van der Waals surface area contributed by atoms with E-state index in [1.807, 2.05) is 48.5 Å². The topological polar surface area (TPSA) is 59.4 Å². The summed E-state index contributed by atoms with van der Waals surface area (Å²) < 4.78 is 5.46. The minimum absolute atomic E-state index is 0.505. The molecule has 0 spiro atoms. The SMILES string of the molecule is NCc1ccc(C(O)c2coc3ccccc23)cc1. The third-order valence-corrected chi connectivity index (χ3v) is 3.34. The van der Waals surface area contributed by atoms with Crippen LogP contribution in [0.2, 0.25) is 0 Å². The first-order valence-electron chi connectivity index (χ1n) is 6.22. The number of rotatable bonds is 3. The van der Waals surface area contributed by atoms with E-state index in [1.54, 1.807) is 6.26 Å². The normalized spacial score (nSPS) is 12.7. The van der Waals surface area contributed by atoms with Crippen molar-refractivity contribution in [2.24, 2.45) is 5.73 Å². The molecule has 0 aliphatic carbocycles. The molecule has 0 radical (unpaired) electrons. The Morgan fingerprint density at radius 3 is 2.53 bits per heavy atom. The number of furan rings is 1. The van der Waals surface area contributed by atoms with Crippen molar-refractivity contribution >= 4 is 11.0 Å². The summed E-state index contributed by atoms with van der Waals surface area (Å²) >= 11 is 0. The van der Waals surface area contributed by atoms with Gasteiger partial charge in [-0.25, -0.2) is 0 Å². The van der Waals surface area contributed by atoms with Crippen molar-refractivity contribution in [3.05, 3.63) is 71.5 Å². The average Bonchev–Trinajstić information content (AvgIpc) is 2.90. The number of para-hydroxylation sites is 1. The highest BCUT2D eigenvalue weighted by atomic mass is 16.3. The van der Waals surface area contributed by atoms with Crippen molar-refractivity contribution in [2.75, 3.05) is 0 Å². The van der Waals surface area contributed by atoms with Crippen LogP contribution in [0, 0.1) is 0 Å². The zero-order valence-corrected chi connectivity index (χ0v) is 10.4. The largest absolute Gasteiger partial charge is 0.464 e. The summed E-state index contributed by atoms with van der Waals surface area (Å²) in [5.41, 5.74) is 9.03. The van der Waals surface area contributed by atoms with Gasteiger partial charge < -0.3 is 15.3 Å². The first kappa shape index (κ1) is 12.0. The van der Waals surface area contributed by atoms with Crippen LogP contribution >= 0.6 is 0 Å². The van der Waals surface area contributed by atoms with E-state index in [1.165, 1.54) is 0 Å². The lowest BCUT2D eigenvalue weighted by Gasteiger charge is -2.10. The Bertz CT molecular complexity index is 685. The molecule has 0 saturated carbocycles. The molecule has 0 bridgehead atoms. The highest BCUT2D eigenvalue weighted by molar-refractivity contribution is 5.81. The summed E-state index contributed by atoms with van der Waals surface area (Å²) in [4.78, 5) is 0. The maximum Gasteiger partial charge on any atom is 0.134 e. The monoisotopic (exact) mass is 253 g/mol. The van der Waals surface area contributed by atoms with Crippen molar-refractivity contribution in [1.29, 1.82) is 0 Å². The van der Waals surface area contributed by atoms with Crippen LogP contribution in [-0.2, 0) is 6.54 Å². The van der Waals surface area contributed by atoms with Gasteiger partial charge in [0.15, 0.2) is 0 Å². The molecule has 1 atom stereocenters. The Labute approximate surface area is 111 Å². The second-order valence-corrected chi connectivity index (χ2v) is 4.54. The van der Waals surface area contributed by atoms with Crippen LogP contribution in [0.1, 0.15) is 22.8 Å². The van der Waals surface area contributed by atoms with Crippen LogP contribution in [0.5, 0.6) is 0 Å². The number of nitrogens with two attached hydrogens (primary N) is 1. The molecular formula is C16H15NO2. The van der Waals surface area contributed by atoms with E-state index in [-0.39, 0.29) is 0 Å². The van der Waals surface area contributed by atoms with Gasteiger partial charge in [0.2, 0.25) is 0 Å². The summed E-state index contributed by atoms with van der Waals surface area (Å²) in [6.45, 7) is 0.505. The van der Waals surface area contributed by atoms with Crippen molar-refractivity contribution in [2.45, 2.75) is 12.6 Å². The van der Waals surface area contributed by atoms with Crippen molar-refractivity contribution in [3.8, 4) is 0 Å². The molecule has 3 rings (SSSR count). The number of fused-ring (bicyclic) bond motifs is 1. The molecule has 0 fully saturated rings. The van der Waals surface area contributed by atoms with E-state index in [0.29, 0.717) is 6.54 Å². The van der Waals surface area contributed by atoms with Crippen molar-refractivity contribution < 1.29 is 9.52 Å². The number of aliphatic hydroxyl groups is 1. The number of aliphatic hydroxyl groups excluding tert-OH is 1. The molecule has 0 amide bonds. The Morgan fingerprint density at radius 1 is 1.05 bits per heavy atom. The lowest BCUT2D eigenvalue weighted by molar-refractivity contribution is 0.220. The van der Waals surface area contributed by atoms with Gasteiger partial charge >= 0.3 is 0 Å². The van der Waals surface area contributed by atoms with Gasteiger partial charge in [-0.3, -0.25) is 0 Å². The molecule has 3 aromatic rings. The lowest BCUT2D eigenvalue weighted by Crippen LogP contribution is -2.00. The van der Waals surface area contributed by atoms with Crippen LogP contribution in [-0.4, -0.2) is 5.11 Å². The zero-order chi connectivity index (χ0) is 13.2. The molecule has 3 nitrogen and oxygen atoms in total. The molecule has 2 aromatic carbocycles. The summed E-state index contributed by atoms with van der Waals surface area (Å²) in [5.74, 6) is 0. The molecule has 0 saturated heterocycles. The highest BCUT2D eigenvalue weighted by Crippen LogP contribution is 2.30. The third kappa shape index (κ3) is 2.14. The van der Waals surface area contributed by atoms with Crippen LogP contribution < -0.4 is 5.73 Å². The lowest BCUT2D eigenvalue weighted by atomic mass is 10.00. The molecule has 3 heteroatoms. The molecule has 19 heavy (non-hydrogen) atoms. The van der Waals surface area contributed by atoms with Crippen molar-refractivity contribution in [3.63, 3.8) is 0 Å². The van der Waals surface area contributed by atoms with Crippen LogP contribution in [0.3, 0.4) is 0 Å². The van der Waals surface area contributed by atoms with Crippen LogP contribution in [0.4, 0.5) is 0 Å². The molecule has 96 valence electrons. The molecular weight excluding hydrogens is 238 g/mol. The van der Waals surface area contributed by atoms with Gasteiger partial charge in [0, 0.05) is 17.5 Å². The fourth-order valence-electron chi connectivity index (χ4n) is 2.23. The minimum Gasteiger partial charge on any atom is -0.464 e. The summed E-state index contributed by atoms with van der Waals surface area (Å²) in [6, 6.07) is 15.4. The molecule has 0 aliphatic heterocycles. The minimum atomic E-state index is -0.685.